The molecule has 1 heterocycles. The van der Waals surface area contributed by atoms with Crippen LogP contribution in [0.15, 0.2) is 18.2 Å². The number of aliphatic carboxylic acids is 1. The van der Waals surface area contributed by atoms with E-state index in [4.69, 9.17) is 5.11 Å². The zero-order valence-corrected chi connectivity index (χ0v) is 9.68. The van der Waals surface area contributed by atoms with E-state index in [0.29, 0.717) is 5.92 Å². The average Bonchev–Trinajstić information content (AvgIpc) is 3.05. The fourth-order valence-electron chi connectivity index (χ4n) is 2.25. The van der Waals surface area contributed by atoms with E-state index < -0.39 is 5.97 Å². The number of aryl methyl sites for hydroxylation is 1. The van der Waals surface area contributed by atoms with E-state index in [0.717, 1.165) is 22.4 Å². The van der Waals surface area contributed by atoms with Crippen LogP contribution in [0.4, 0.5) is 0 Å². The van der Waals surface area contributed by atoms with Crippen molar-refractivity contribution >= 4 is 17.0 Å². The molecule has 0 aliphatic heterocycles. The van der Waals surface area contributed by atoms with E-state index in [1.165, 1.54) is 12.8 Å². The van der Waals surface area contributed by atoms with Gasteiger partial charge in [-0.3, -0.25) is 4.79 Å². The monoisotopic (exact) mass is 230 g/mol. The lowest BCUT2D eigenvalue weighted by Gasteiger charge is -2.01. The third-order valence-corrected chi connectivity index (χ3v) is 3.28. The van der Waals surface area contributed by atoms with Crippen LogP contribution in [0.25, 0.3) is 11.0 Å². The number of imidazole rings is 1. The zero-order chi connectivity index (χ0) is 12.0. The third-order valence-electron chi connectivity index (χ3n) is 3.28. The summed E-state index contributed by atoms with van der Waals surface area (Å²) in [5.41, 5.74) is 2.82. The maximum absolute atomic E-state index is 10.7. The van der Waals surface area contributed by atoms with E-state index in [-0.39, 0.29) is 6.42 Å². The molecule has 1 aliphatic rings. The Morgan fingerprint density at radius 3 is 2.94 bits per heavy atom. The second-order valence-electron chi connectivity index (χ2n) is 4.70. The van der Waals surface area contributed by atoms with Gasteiger partial charge in [0.05, 0.1) is 17.5 Å². The molecule has 4 heteroatoms. The molecule has 1 aliphatic carbocycles. The molecule has 0 spiro atoms. The van der Waals surface area contributed by atoms with Crippen molar-refractivity contribution in [3.63, 3.8) is 0 Å². The fourth-order valence-corrected chi connectivity index (χ4v) is 2.25. The number of nitrogens with zero attached hydrogens (tertiary/aromatic N) is 2. The standard InChI is InChI=1S/C13H14N2O2/c1-15-11-6-8(7-12(16)17)2-5-10(11)14-13(15)9-3-4-9/h2,5-6,9H,3-4,7H2,1H3,(H,16,17). The first kappa shape index (κ1) is 10.3. The van der Waals surface area contributed by atoms with Crippen molar-refractivity contribution in [1.82, 2.24) is 9.55 Å². The van der Waals surface area contributed by atoms with Crippen LogP contribution in [-0.4, -0.2) is 20.6 Å². The molecule has 1 aromatic carbocycles. The summed E-state index contributed by atoms with van der Waals surface area (Å²) in [7, 11) is 2.01. The van der Waals surface area contributed by atoms with Gasteiger partial charge in [-0.25, -0.2) is 4.98 Å². The van der Waals surface area contributed by atoms with E-state index in [9.17, 15) is 4.79 Å². The lowest BCUT2D eigenvalue weighted by Crippen LogP contribution is -2.00. The van der Waals surface area contributed by atoms with E-state index in [1.54, 1.807) is 0 Å². The number of carboxylic acid groups (broad SMARTS) is 1. The molecule has 3 rings (SSSR count). The highest BCUT2D eigenvalue weighted by atomic mass is 16.4. The van der Waals surface area contributed by atoms with Crippen LogP contribution in [0.1, 0.15) is 30.1 Å². The largest absolute Gasteiger partial charge is 0.481 e. The molecule has 0 atom stereocenters. The Kier molecular flexibility index (Phi) is 2.18. The smallest absolute Gasteiger partial charge is 0.307 e. The van der Waals surface area contributed by atoms with Crippen LogP contribution < -0.4 is 0 Å². The summed E-state index contributed by atoms with van der Waals surface area (Å²) in [6.45, 7) is 0. The molecule has 0 amide bonds. The zero-order valence-electron chi connectivity index (χ0n) is 9.68. The first-order valence-electron chi connectivity index (χ1n) is 5.82. The highest BCUT2D eigenvalue weighted by molar-refractivity contribution is 5.79. The van der Waals surface area contributed by atoms with Crippen LogP contribution in [-0.2, 0) is 18.3 Å². The van der Waals surface area contributed by atoms with Gasteiger partial charge in [-0.1, -0.05) is 6.07 Å². The van der Waals surface area contributed by atoms with Crippen LogP contribution >= 0.6 is 0 Å². The van der Waals surface area contributed by atoms with Gasteiger partial charge in [0.2, 0.25) is 0 Å². The van der Waals surface area contributed by atoms with E-state index in [1.807, 2.05) is 25.2 Å². The Bertz CT molecular complexity index is 597. The molecule has 0 unspecified atom stereocenters. The molecule has 1 aromatic heterocycles. The number of fused-ring (bicyclic) bond motifs is 1. The maximum Gasteiger partial charge on any atom is 0.307 e. The quantitative estimate of drug-likeness (QED) is 0.878. The molecule has 1 fully saturated rings. The Labute approximate surface area is 98.9 Å². The topological polar surface area (TPSA) is 55.1 Å². The molecule has 0 saturated heterocycles. The normalized spacial score (nSPS) is 15.4. The maximum atomic E-state index is 10.7. The number of hydrogen-bond donors (Lipinski definition) is 1. The summed E-state index contributed by atoms with van der Waals surface area (Å²) in [5.74, 6) is 0.941. The number of carboxylic acids is 1. The molecule has 17 heavy (non-hydrogen) atoms. The molecule has 88 valence electrons. The minimum atomic E-state index is -0.797. The van der Waals surface area contributed by atoms with Crippen molar-refractivity contribution in [1.29, 1.82) is 0 Å². The average molecular weight is 230 g/mol. The molecular weight excluding hydrogens is 216 g/mol. The van der Waals surface area contributed by atoms with Gasteiger partial charge in [0.15, 0.2) is 0 Å². The molecular formula is C13H14N2O2. The Hall–Kier alpha value is -1.84. The second-order valence-corrected chi connectivity index (χ2v) is 4.70. The predicted octanol–water partition coefficient (Wildman–Crippen LogP) is 2.08. The van der Waals surface area contributed by atoms with E-state index >= 15 is 0 Å². The summed E-state index contributed by atoms with van der Waals surface area (Å²) in [5, 5.41) is 8.79. The number of rotatable bonds is 3. The summed E-state index contributed by atoms with van der Waals surface area (Å²) in [6.07, 6.45) is 2.51. The Balaban J connectivity index is 2.08. The van der Waals surface area contributed by atoms with Crippen LogP contribution in [0.5, 0.6) is 0 Å². The number of benzene rings is 1. The second kappa shape index (κ2) is 3.58. The fraction of sp³-hybridized carbons (Fsp3) is 0.385. The number of hydrogen-bond acceptors (Lipinski definition) is 2. The van der Waals surface area contributed by atoms with Gasteiger partial charge in [-0.15, -0.1) is 0 Å². The summed E-state index contributed by atoms with van der Waals surface area (Å²) in [4.78, 5) is 15.3. The number of carbonyl (C=O) groups is 1. The highest BCUT2D eigenvalue weighted by Gasteiger charge is 2.28. The van der Waals surface area contributed by atoms with Crippen LogP contribution in [0.2, 0.25) is 0 Å². The Morgan fingerprint density at radius 2 is 2.29 bits per heavy atom. The van der Waals surface area contributed by atoms with Crippen molar-refractivity contribution in [2.45, 2.75) is 25.2 Å². The van der Waals surface area contributed by atoms with Gasteiger partial charge in [0, 0.05) is 13.0 Å². The van der Waals surface area contributed by atoms with Crippen molar-refractivity contribution < 1.29 is 9.90 Å². The molecule has 0 bridgehead atoms. The van der Waals surface area contributed by atoms with Crippen molar-refractivity contribution in [2.24, 2.45) is 7.05 Å². The van der Waals surface area contributed by atoms with Crippen LogP contribution in [0.3, 0.4) is 0 Å². The van der Waals surface area contributed by atoms with Crippen molar-refractivity contribution in [2.75, 3.05) is 0 Å². The molecule has 1 N–H and O–H groups in total. The first-order chi connectivity index (χ1) is 8.15. The van der Waals surface area contributed by atoms with Crippen molar-refractivity contribution in [3.8, 4) is 0 Å². The summed E-state index contributed by atoms with van der Waals surface area (Å²) < 4.78 is 2.10. The van der Waals surface area contributed by atoms with Gasteiger partial charge >= 0.3 is 5.97 Å². The van der Waals surface area contributed by atoms with Gasteiger partial charge < -0.3 is 9.67 Å². The molecule has 0 radical (unpaired) electrons. The van der Waals surface area contributed by atoms with Crippen molar-refractivity contribution in [3.05, 3.63) is 29.6 Å². The Morgan fingerprint density at radius 1 is 1.53 bits per heavy atom. The lowest BCUT2D eigenvalue weighted by atomic mass is 10.1. The minimum Gasteiger partial charge on any atom is -0.481 e. The van der Waals surface area contributed by atoms with Gasteiger partial charge in [-0.2, -0.15) is 0 Å². The molecule has 2 aromatic rings. The minimum absolute atomic E-state index is 0.0693. The number of aromatic nitrogens is 2. The first-order valence-corrected chi connectivity index (χ1v) is 5.82. The van der Waals surface area contributed by atoms with E-state index in [2.05, 4.69) is 9.55 Å². The summed E-state index contributed by atoms with van der Waals surface area (Å²) >= 11 is 0. The molecule has 4 nitrogen and oxygen atoms in total. The summed E-state index contributed by atoms with van der Waals surface area (Å²) in [6, 6.07) is 5.70. The lowest BCUT2D eigenvalue weighted by molar-refractivity contribution is -0.136. The third kappa shape index (κ3) is 1.79. The van der Waals surface area contributed by atoms with Gasteiger partial charge in [0.25, 0.3) is 0 Å². The van der Waals surface area contributed by atoms with Crippen LogP contribution in [0, 0.1) is 0 Å². The highest BCUT2D eigenvalue weighted by Crippen LogP contribution is 2.40. The van der Waals surface area contributed by atoms with Gasteiger partial charge in [0.1, 0.15) is 5.82 Å². The molecule has 1 saturated carbocycles. The van der Waals surface area contributed by atoms with Gasteiger partial charge in [-0.05, 0) is 30.5 Å². The predicted molar refractivity (Wildman–Crippen MR) is 64.0 cm³/mol. The SMILES string of the molecule is Cn1c(C2CC2)nc2ccc(CC(=O)O)cc21.